The lowest BCUT2D eigenvalue weighted by Crippen LogP contribution is -3.00. The molecule has 0 aliphatic heterocycles. The third kappa shape index (κ3) is 33.1. The Labute approximate surface area is 612 Å². The molecule has 96 heavy (non-hydrogen) atoms. The van der Waals surface area contributed by atoms with Crippen molar-refractivity contribution in [2.75, 3.05) is 135 Å². The molecule has 4 aromatic carbocycles. The van der Waals surface area contributed by atoms with Crippen LogP contribution in [0.15, 0.2) is 48.5 Å². The van der Waals surface area contributed by atoms with Crippen molar-refractivity contribution >= 4 is 0 Å². The van der Waals surface area contributed by atoms with E-state index in [1.165, 1.54) is 169 Å². The number of nitrogens with two attached hydrogens (primary N) is 4. The third-order valence-corrected chi connectivity index (χ3v) is 19.1. The van der Waals surface area contributed by atoms with Gasteiger partial charge in [0.05, 0.1) is 109 Å². The van der Waals surface area contributed by atoms with E-state index in [1.807, 2.05) is 0 Å². The summed E-state index contributed by atoms with van der Waals surface area (Å²) >= 11 is 0. The molecule has 0 heterocycles. The molecule has 8 bridgehead atoms. The zero-order valence-electron chi connectivity index (χ0n) is 63.0. The highest BCUT2D eigenvalue weighted by Gasteiger charge is 2.29. The number of quaternary nitrogens is 4. The van der Waals surface area contributed by atoms with Gasteiger partial charge in [-0.25, -0.2) is 0 Å². The number of fused-ring (bicyclic) bond motifs is 8. The average molecular weight is 1420 g/mol. The molecule has 0 unspecified atom stereocenters. The summed E-state index contributed by atoms with van der Waals surface area (Å²) in [4.78, 5) is 0. The Morgan fingerprint density at radius 1 is 0.260 bits per heavy atom. The minimum atomic E-state index is 0. The van der Waals surface area contributed by atoms with Gasteiger partial charge in [0.25, 0.3) is 0 Å². The van der Waals surface area contributed by atoms with Crippen molar-refractivity contribution in [3.8, 4) is 23.0 Å². The molecular formula is C80H140Cl4N8O4. The Morgan fingerprint density at radius 2 is 0.417 bits per heavy atom. The average Bonchev–Trinajstić information content (AvgIpc) is 0.777. The van der Waals surface area contributed by atoms with E-state index in [-0.39, 0.29) is 49.6 Å². The van der Waals surface area contributed by atoms with Gasteiger partial charge in [-0.1, -0.05) is 156 Å². The number of benzene rings is 4. The zero-order valence-corrected chi connectivity index (χ0v) is 66.0. The molecule has 0 spiro atoms. The van der Waals surface area contributed by atoms with Crippen molar-refractivity contribution in [2.45, 2.75) is 234 Å². The van der Waals surface area contributed by atoms with E-state index < -0.39 is 0 Å². The van der Waals surface area contributed by atoms with E-state index in [4.69, 9.17) is 41.9 Å². The summed E-state index contributed by atoms with van der Waals surface area (Å²) in [5.41, 5.74) is 40.6. The Hall–Kier alpha value is -3.08. The number of hydrogen-bond donors (Lipinski definition) is 4. The summed E-state index contributed by atoms with van der Waals surface area (Å²) in [7, 11) is 18.6. The normalized spacial score (nSPS) is 12.5. The van der Waals surface area contributed by atoms with E-state index >= 15 is 0 Å². The molecule has 0 saturated heterocycles. The standard InChI is InChI=1S/C80H140N8O4.4ClH/c1-13-17-21-25-29-33-45-89-77-69-49-65(61-85(5,6)41-37-81)50-70(77)58-72-52-67(63-87(9,10)43-39-83)54-74(79(72)91-47-35-31-27-23-19-15-3)60-76-56-68(64-88(11,12)44-40-84)55-75(80(76)92-48-36-32-28-24-20-16-4)59-73-53-66(62-86(7,8)42-38-82)51-71(57-69)78(73)90-46-34-30-26-22-18-14-2;;;;/h49-56H,13-48,57-64,81-84H2,1-12H3;4*1H/q+4;;;;/p-4. The second kappa shape index (κ2) is 48.7. The van der Waals surface area contributed by atoms with Gasteiger partial charge in [-0.3, -0.25) is 0 Å². The molecule has 0 fully saturated rings. The second-order valence-corrected chi connectivity index (χ2v) is 30.6. The van der Waals surface area contributed by atoms with Crippen LogP contribution in [0.5, 0.6) is 23.0 Å². The third-order valence-electron chi connectivity index (χ3n) is 19.1. The van der Waals surface area contributed by atoms with Crippen LogP contribution < -0.4 is 91.5 Å². The van der Waals surface area contributed by atoms with Gasteiger partial charge in [0.2, 0.25) is 0 Å². The van der Waals surface area contributed by atoms with Crippen molar-refractivity contribution in [1.82, 2.24) is 0 Å². The Balaban J connectivity index is 0.0000115. The molecule has 0 radical (unpaired) electrons. The molecule has 0 aromatic heterocycles. The van der Waals surface area contributed by atoms with Crippen LogP contribution in [0.2, 0.25) is 0 Å². The van der Waals surface area contributed by atoms with Crippen molar-refractivity contribution in [2.24, 2.45) is 22.9 Å². The number of unbranched alkanes of at least 4 members (excludes halogenated alkanes) is 20. The predicted molar refractivity (Wildman–Crippen MR) is 391 cm³/mol. The minimum absolute atomic E-state index is 0. The largest absolute Gasteiger partial charge is 1.00 e. The predicted octanol–water partition coefficient (Wildman–Crippen LogP) is 3.48. The molecule has 4 aromatic rings. The van der Waals surface area contributed by atoms with E-state index in [0.29, 0.717) is 78.3 Å². The number of nitrogens with zero attached hydrogens (tertiary/aromatic N) is 4. The maximum Gasteiger partial charge on any atom is 0.126 e. The zero-order chi connectivity index (χ0) is 66.8. The maximum absolute atomic E-state index is 7.48. The smallest absolute Gasteiger partial charge is 0.126 e. The van der Waals surface area contributed by atoms with E-state index in [9.17, 15) is 0 Å². The van der Waals surface area contributed by atoms with Gasteiger partial charge in [-0.15, -0.1) is 0 Å². The highest BCUT2D eigenvalue weighted by molar-refractivity contribution is 5.58. The summed E-state index contributed by atoms with van der Waals surface area (Å²) in [6, 6.07) is 20.0. The summed E-state index contributed by atoms with van der Waals surface area (Å²) < 4.78 is 33.0. The van der Waals surface area contributed by atoms with Gasteiger partial charge >= 0.3 is 0 Å². The van der Waals surface area contributed by atoms with E-state index in [0.717, 1.165) is 145 Å². The number of rotatable bonds is 48. The first-order valence-electron chi connectivity index (χ1n) is 37.4. The Morgan fingerprint density at radius 3 is 0.573 bits per heavy atom. The minimum Gasteiger partial charge on any atom is -1.00 e. The molecule has 1 aliphatic rings. The van der Waals surface area contributed by atoms with Crippen LogP contribution in [0.25, 0.3) is 0 Å². The molecule has 12 nitrogen and oxygen atoms in total. The second-order valence-electron chi connectivity index (χ2n) is 30.6. The van der Waals surface area contributed by atoms with Crippen molar-refractivity contribution in [1.29, 1.82) is 0 Å². The van der Waals surface area contributed by atoms with Crippen molar-refractivity contribution in [3.63, 3.8) is 0 Å². The Bertz CT molecular complexity index is 2280. The van der Waals surface area contributed by atoms with Crippen molar-refractivity contribution in [3.05, 3.63) is 115 Å². The molecule has 552 valence electrons. The van der Waals surface area contributed by atoms with Crippen LogP contribution in [0.3, 0.4) is 0 Å². The van der Waals surface area contributed by atoms with Gasteiger partial charge < -0.3 is 109 Å². The summed E-state index contributed by atoms with van der Waals surface area (Å²) in [6.07, 6.45) is 31.3. The topological polar surface area (TPSA) is 141 Å². The summed E-state index contributed by atoms with van der Waals surface area (Å²) in [6.45, 7) is 21.1. The maximum atomic E-state index is 7.48. The molecule has 8 N–H and O–H groups in total. The fourth-order valence-electron chi connectivity index (χ4n) is 14.2. The van der Waals surface area contributed by atoms with Crippen LogP contribution in [-0.2, 0) is 51.9 Å². The van der Waals surface area contributed by atoms with Gasteiger partial charge in [0.1, 0.15) is 49.2 Å². The number of hydrogen-bond acceptors (Lipinski definition) is 8. The molecule has 0 atom stereocenters. The molecular weight excluding hydrogens is 1280 g/mol. The summed E-state index contributed by atoms with van der Waals surface area (Å²) in [5.74, 6) is 4.05. The lowest BCUT2D eigenvalue weighted by atomic mass is 9.88. The highest BCUT2D eigenvalue weighted by Crippen LogP contribution is 2.42. The molecule has 16 heteroatoms. The van der Waals surface area contributed by atoms with Gasteiger partial charge in [-0.2, -0.15) is 0 Å². The molecule has 1 aliphatic carbocycles. The monoisotopic (exact) mass is 1420 g/mol. The number of ether oxygens (including phenoxy) is 4. The SMILES string of the molecule is CCCCCCCCOc1c2cc(C[N+](C)(C)CCN)cc1Cc1cc(C[N+](C)(C)CCN)cc(c1OCCCCCCCC)Cc1cc(C[N+](C)(C)CCN)cc(c1OCCCCCCCC)Cc1cc(C[N+](C)(C)CCN)cc(c1OCCCCCCCC)C2.[Cl-].[Cl-].[Cl-].[Cl-]. The van der Waals surface area contributed by atoms with Gasteiger partial charge in [0, 0.05) is 74.1 Å². The lowest BCUT2D eigenvalue weighted by molar-refractivity contribution is -0.902. The molecule has 0 amide bonds. The van der Waals surface area contributed by atoms with Gasteiger partial charge in [-0.05, 0) is 119 Å². The fourth-order valence-corrected chi connectivity index (χ4v) is 14.2. The van der Waals surface area contributed by atoms with Crippen molar-refractivity contribution < 1.29 is 86.5 Å². The van der Waals surface area contributed by atoms with E-state index in [2.05, 4.69) is 133 Å². The van der Waals surface area contributed by atoms with Crippen LogP contribution in [0, 0.1) is 0 Å². The van der Waals surface area contributed by atoms with Crippen LogP contribution >= 0.6 is 0 Å². The van der Waals surface area contributed by atoms with Crippen LogP contribution in [-0.4, -0.2) is 153 Å². The first kappa shape index (κ1) is 90.9. The number of likely N-dealkylation sites (N-methyl/N-ethyl adjacent to an activating group) is 4. The van der Waals surface area contributed by atoms with Gasteiger partial charge in [0.15, 0.2) is 0 Å². The first-order chi connectivity index (χ1) is 44.2. The highest BCUT2D eigenvalue weighted by atomic mass is 35.5. The first-order valence-corrected chi connectivity index (χ1v) is 37.4. The lowest BCUT2D eigenvalue weighted by Gasteiger charge is -2.31. The molecule has 0 saturated carbocycles. The fraction of sp³-hybridized carbons (Fsp3) is 0.700. The van der Waals surface area contributed by atoms with Crippen LogP contribution in [0.4, 0.5) is 0 Å². The quantitative estimate of drug-likeness (QED) is 0.0344. The summed E-state index contributed by atoms with van der Waals surface area (Å²) in [5, 5.41) is 0. The number of halogens is 4. The van der Waals surface area contributed by atoms with Crippen LogP contribution in [0.1, 0.15) is 249 Å². The Kier molecular flexibility index (Phi) is 46.1. The molecule has 5 rings (SSSR count). The van der Waals surface area contributed by atoms with E-state index in [1.54, 1.807) is 0 Å².